The Morgan fingerprint density at radius 3 is 2.60 bits per heavy atom. The number of carbonyl (C=O) groups excluding carboxylic acids is 1. The van der Waals surface area contributed by atoms with Crippen molar-refractivity contribution in [3.63, 3.8) is 0 Å². The molecule has 1 aliphatic heterocycles. The number of carboxylic acids is 1. The van der Waals surface area contributed by atoms with E-state index in [0.29, 0.717) is 6.54 Å². The Kier molecular flexibility index (Phi) is 7.32. The first-order chi connectivity index (χ1) is 9.56. The molecular formula is C13H25N3O4. The molecule has 0 spiro atoms. The maximum absolute atomic E-state index is 12.1. The molecule has 7 nitrogen and oxygen atoms in total. The Morgan fingerprint density at radius 2 is 2.05 bits per heavy atom. The van der Waals surface area contributed by atoms with Crippen LogP contribution in [0.1, 0.15) is 32.6 Å². The zero-order valence-corrected chi connectivity index (χ0v) is 12.0. The molecule has 1 aliphatic rings. The van der Waals surface area contributed by atoms with Crippen LogP contribution in [0.2, 0.25) is 0 Å². The monoisotopic (exact) mass is 287 g/mol. The summed E-state index contributed by atoms with van der Waals surface area (Å²) in [6.07, 6.45) is 1.35. The molecule has 0 aliphatic carbocycles. The second-order valence-electron chi connectivity index (χ2n) is 5.05. The second kappa shape index (κ2) is 8.76. The zero-order valence-electron chi connectivity index (χ0n) is 12.0. The van der Waals surface area contributed by atoms with Gasteiger partial charge in [-0.1, -0.05) is 6.92 Å². The Bertz CT molecular complexity index is 319. The van der Waals surface area contributed by atoms with Crippen LogP contribution in [0.15, 0.2) is 0 Å². The van der Waals surface area contributed by atoms with E-state index >= 15 is 0 Å². The van der Waals surface area contributed by atoms with Gasteiger partial charge in [0.1, 0.15) is 0 Å². The summed E-state index contributed by atoms with van der Waals surface area (Å²) >= 11 is 0. The van der Waals surface area contributed by atoms with Gasteiger partial charge in [-0.2, -0.15) is 0 Å². The van der Waals surface area contributed by atoms with Crippen LogP contribution >= 0.6 is 0 Å². The number of nitrogens with zero attached hydrogens (tertiary/aromatic N) is 1. The molecule has 2 amide bonds. The molecule has 0 aromatic heterocycles. The molecule has 0 aromatic rings. The molecule has 0 bridgehead atoms. The number of amides is 2. The highest BCUT2D eigenvalue weighted by atomic mass is 16.4. The van der Waals surface area contributed by atoms with Gasteiger partial charge in [0.15, 0.2) is 6.10 Å². The number of nitrogens with one attached hydrogen (secondary N) is 2. The number of carboxylic acid groups (broad SMARTS) is 1. The number of aliphatic carboxylic acids is 1. The van der Waals surface area contributed by atoms with Crippen molar-refractivity contribution in [2.24, 2.45) is 0 Å². The van der Waals surface area contributed by atoms with Crippen molar-refractivity contribution >= 4 is 12.0 Å². The maximum atomic E-state index is 12.1. The lowest BCUT2D eigenvalue weighted by atomic mass is 10.0. The lowest BCUT2D eigenvalue weighted by Crippen LogP contribution is -2.50. The predicted molar refractivity (Wildman–Crippen MR) is 74.5 cm³/mol. The topological polar surface area (TPSA) is 102 Å². The summed E-state index contributed by atoms with van der Waals surface area (Å²) in [6, 6.07) is 0.0666. The van der Waals surface area contributed by atoms with E-state index in [2.05, 4.69) is 10.6 Å². The lowest BCUT2D eigenvalue weighted by molar-refractivity contribution is -0.146. The lowest BCUT2D eigenvalue weighted by Gasteiger charge is -2.34. The Hall–Kier alpha value is -1.34. The summed E-state index contributed by atoms with van der Waals surface area (Å²) in [7, 11) is 0. The van der Waals surface area contributed by atoms with Crippen LogP contribution in [0.25, 0.3) is 0 Å². The molecule has 4 N–H and O–H groups in total. The van der Waals surface area contributed by atoms with Crippen LogP contribution in [-0.2, 0) is 4.79 Å². The van der Waals surface area contributed by atoms with E-state index in [1.165, 1.54) is 0 Å². The molecule has 0 aromatic carbocycles. The van der Waals surface area contributed by atoms with Crippen molar-refractivity contribution in [3.8, 4) is 0 Å². The SMILES string of the molecule is CCCN(C(=O)NCC[C@H](O)C(=O)O)C1CCNCC1. The average Bonchev–Trinajstić information content (AvgIpc) is 2.45. The number of aliphatic hydroxyl groups is 1. The minimum absolute atomic E-state index is 0.0211. The van der Waals surface area contributed by atoms with Gasteiger partial charge in [-0.05, 0) is 32.4 Å². The van der Waals surface area contributed by atoms with Gasteiger partial charge in [0.25, 0.3) is 0 Å². The van der Waals surface area contributed by atoms with Gasteiger partial charge in [0.2, 0.25) is 0 Å². The van der Waals surface area contributed by atoms with E-state index in [4.69, 9.17) is 10.2 Å². The quantitative estimate of drug-likeness (QED) is 0.528. The molecule has 1 fully saturated rings. The van der Waals surface area contributed by atoms with Crippen LogP contribution in [-0.4, -0.2) is 65.4 Å². The molecule has 0 radical (unpaired) electrons. The average molecular weight is 287 g/mol. The molecule has 1 heterocycles. The first-order valence-electron chi connectivity index (χ1n) is 7.22. The van der Waals surface area contributed by atoms with Crippen molar-refractivity contribution < 1.29 is 19.8 Å². The van der Waals surface area contributed by atoms with Gasteiger partial charge in [-0.25, -0.2) is 9.59 Å². The van der Waals surface area contributed by atoms with Crippen LogP contribution < -0.4 is 10.6 Å². The highest BCUT2D eigenvalue weighted by molar-refractivity contribution is 5.75. The third kappa shape index (κ3) is 5.34. The first-order valence-corrected chi connectivity index (χ1v) is 7.22. The van der Waals surface area contributed by atoms with Crippen molar-refractivity contribution in [1.82, 2.24) is 15.5 Å². The van der Waals surface area contributed by atoms with E-state index in [9.17, 15) is 9.59 Å². The molecule has 7 heteroatoms. The molecule has 0 saturated carbocycles. The molecule has 1 saturated heterocycles. The number of urea groups is 1. The molecule has 1 rings (SSSR count). The first kappa shape index (κ1) is 16.7. The van der Waals surface area contributed by atoms with Gasteiger partial charge >= 0.3 is 12.0 Å². The van der Waals surface area contributed by atoms with E-state index in [1.807, 2.05) is 11.8 Å². The van der Waals surface area contributed by atoms with Crippen molar-refractivity contribution in [1.29, 1.82) is 0 Å². The number of carbonyl (C=O) groups is 2. The number of hydrogen-bond acceptors (Lipinski definition) is 4. The number of aliphatic hydroxyl groups excluding tert-OH is 1. The van der Waals surface area contributed by atoms with Gasteiger partial charge in [0, 0.05) is 25.6 Å². The highest BCUT2D eigenvalue weighted by Crippen LogP contribution is 2.12. The fraction of sp³-hybridized carbons (Fsp3) is 0.846. The number of piperidine rings is 1. The summed E-state index contributed by atoms with van der Waals surface area (Å²) in [5, 5.41) is 23.7. The zero-order chi connectivity index (χ0) is 15.0. The molecule has 20 heavy (non-hydrogen) atoms. The predicted octanol–water partition coefficient (Wildman–Crippen LogP) is -0.00440. The van der Waals surface area contributed by atoms with Gasteiger partial charge in [-0.15, -0.1) is 0 Å². The summed E-state index contributed by atoms with van der Waals surface area (Å²) < 4.78 is 0. The van der Waals surface area contributed by atoms with Crippen molar-refractivity contribution in [2.75, 3.05) is 26.2 Å². The van der Waals surface area contributed by atoms with Crippen LogP contribution in [0, 0.1) is 0 Å². The molecule has 1 atom stereocenters. The molecule has 0 unspecified atom stereocenters. The van der Waals surface area contributed by atoms with E-state index in [1.54, 1.807) is 0 Å². The number of hydrogen-bond donors (Lipinski definition) is 4. The van der Waals surface area contributed by atoms with E-state index in [0.717, 1.165) is 32.4 Å². The van der Waals surface area contributed by atoms with Crippen LogP contribution in [0.3, 0.4) is 0 Å². The van der Waals surface area contributed by atoms with Gasteiger partial charge in [0.05, 0.1) is 0 Å². The van der Waals surface area contributed by atoms with Crippen LogP contribution in [0.4, 0.5) is 4.79 Å². The molecular weight excluding hydrogens is 262 g/mol. The van der Waals surface area contributed by atoms with E-state index in [-0.39, 0.29) is 25.0 Å². The van der Waals surface area contributed by atoms with Gasteiger partial charge < -0.3 is 25.7 Å². The van der Waals surface area contributed by atoms with Crippen molar-refractivity contribution in [3.05, 3.63) is 0 Å². The van der Waals surface area contributed by atoms with Gasteiger partial charge in [-0.3, -0.25) is 0 Å². The third-order valence-electron chi connectivity index (χ3n) is 3.45. The minimum atomic E-state index is -1.42. The maximum Gasteiger partial charge on any atom is 0.332 e. The van der Waals surface area contributed by atoms with Crippen molar-refractivity contribution in [2.45, 2.75) is 44.8 Å². The Balaban J connectivity index is 2.41. The highest BCUT2D eigenvalue weighted by Gasteiger charge is 2.24. The second-order valence-corrected chi connectivity index (χ2v) is 5.05. The summed E-state index contributed by atoms with van der Waals surface area (Å²) in [4.78, 5) is 24.5. The Morgan fingerprint density at radius 1 is 1.40 bits per heavy atom. The minimum Gasteiger partial charge on any atom is -0.479 e. The van der Waals surface area contributed by atoms with E-state index < -0.39 is 12.1 Å². The normalized spacial score (nSPS) is 17.5. The number of rotatable bonds is 7. The summed E-state index contributed by atoms with van der Waals surface area (Å²) in [5.74, 6) is -1.26. The largest absolute Gasteiger partial charge is 0.479 e. The summed E-state index contributed by atoms with van der Waals surface area (Å²) in [6.45, 7) is 4.71. The smallest absolute Gasteiger partial charge is 0.332 e. The fourth-order valence-electron chi connectivity index (χ4n) is 2.35. The third-order valence-corrected chi connectivity index (χ3v) is 3.45. The standard InChI is InChI=1S/C13H25N3O4/c1-2-9-16(10-3-6-14-7-4-10)13(20)15-8-5-11(17)12(18)19/h10-11,14,17H,2-9H2,1H3,(H,15,20)(H,18,19)/t11-/m0/s1. The molecule has 116 valence electrons. The van der Waals surface area contributed by atoms with Crippen LogP contribution in [0.5, 0.6) is 0 Å². The summed E-state index contributed by atoms with van der Waals surface area (Å²) in [5.41, 5.74) is 0. The fourth-order valence-corrected chi connectivity index (χ4v) is 2.35. The Labute approximate surface area is 119 Å².